The van der Waals surface area contributed by atoms with Crippen LogP contribution < -0.4 is 0 Å². The van der Waals surface area contributed by atoms with Gasteiger partial charge in [-0.2, -0.15) is 0 Å². The second-order valence-corrected chi connectivity index (χ2v) is 6.22. The minimum Gasteiger partial charge on any atom is -0.361 e. The number of hydrogen-bond acceptors (Lipinski definition) is 3. The third-order valence-corrected chi connectivity index (χ3v) is 4.13. The van der Waals surface area contributed by atoms with Gasteiger partial charge in [-0.1, -0.05) is 19.0 Å². The summed E-state index contributed by atoms with van der Waals surface area (Å²) >= 11 is 0. The Bertz CT molecular complexity index is 634. The highest BCUT2D eigenvalue weighted by Gasteiger charge is 2.29. The largest absolute Gasteiger partial charge is 0.361 e. The van der Waals surface area contributed by atoms with Gasteiger partial charge in [-0.3, -0.25) is 4.90 Å². The van der Waals surface area contributed by atoms with Gasteiger partial charge in [-0.15, -0.1) is 0 Å². The van der Waals surface area contributed by atoms with Crippen LogP contribution in [-0.4, -0.2) is 16.6 Å². The van der Waals surface area contributed by atoms with E-state index in [1.165, 1.54) is 12.1 Å². The molecular formula is C17H20F2N2O. The van der Waals surface area contributed by atoms with Crippen LogP contribution in [0.3, 0.4) is 0 Å². The zero-order chi connectivity index (χ0) is 15.7. The molecule has 0 N–H and O–H groups in total. The first kappa shape index (κ1) is 15.2. The predicted molar refractivity (Wildman–Crippen MR) is 79.3 cm³/mol. The number of halogens is 2. The molecular weight excluding hydrogens is 286 g/mol. The van der Waals surface area contributed by atoms with Crippen molar-refractivity contribution in [2.24, 2.45) is 0 Å². The zero-order valence-electron chi connectivity index (χ0n) is 12.9. The fraction of sp³-hybridized carbons (Fsp3) is 0.471. The lowest BCUT2D eigenvalue weighted by molar-refractivity contribution is 0.235. The van der Waals surface area contributed by atoms with Crippen molar-refractivity contribution in [3.05, 3.63) is 52.9 Å². The molecule has 1 unspecified atom stereocenters. The average molecular weight is 306 g/mol. The third-order valence-electron chi connectivity index (χ3n) is 4.13. The molecule has 0 bridgehead atoms. The second-order valence-electron chi connectivity index (χ2n) is 6.22. The maximum absolute atomic E-state index is 13.3. The summed E-state index contributed by atoms with van der Waals surface area (Å²) in [5.74, 6) is 0.107. The summed E-state index contributed by atoms with van der Waals surface area (Å²) in [4.78, 5) is 2.20. The van der Waals surface area contributed by atoms with Gasteiger partial charge in [0.25, 0.3) is 0 Å². The van der Waals surface area contributed by atoms with Crippen LogP contribution in [0.5, 0.6) is 0 Å². The van der Waals surface area contributed by atoms with Gasteiger partial charge in [0.15, 0.2) is 0 Å². The summed E-state index contributed by atoms with van der Waals surface area (Å²) in [5, 5.41) is 4.18. The molecule has 2 heterocycles. The van der Waals surface area contributed by atoms with E-state index in [9.17, 15) is 8.78 Å². The summed E-state index contributed by atoms with van der Waals surface area (Å²) in [6.45, 7) is 5.54. The van der Waals surface area contributed by atoms with E-state index in [2.05, 4.69) is 23.9 Å². The topological polar surface area (TPSA) is 29.3 Å². The highest BCUT2D eigenvalue weighted by molar-refractivity contribution is 5.19. The molecule has 5 heteroatoms. The van der Waals surface area contributed by atoms with Crippen LogP contribution in [0.1, 0.15) is 55.7 Å². The summed E-state index contributed by atoms with van der Waals surface area (Å²) in [7, 11) is 0. The van der Waals surface area contributed by atoms with Crippen molar-refractivity contribution >= 4 is 0 Å². The van der Waals surface area contributed by atoms with Gasteiger partial charge in [0.1, 0.15) is 23.1 Å². The molecule has 3 rings (SSSR count). The Morgan fingerprint density at radius 2 is 1.95 bits per heavy atom. The van der Waals surface area contributed by atoms with Gasteiger partial charge in [0.2, 0.25) is 0 Å². The van der Waals surface area contributed by atoms with Crippen molar-refractivity contribution in [1.82, 2.24) is 10.1 Å². The van der Waals surface area contributed by atoms with E-state index in [-0.39, 0.29) is 6.04 Å². The van der Waals surface area contributed by atoms with Gasteiger partial charge in [0, 0.05) is 24.6 Å². The van der Waals surface area contributed by atoms with Crippen molar-refractivity contribution in [3.63, 3.8) is 0 Å². The fourth-order valence-corrected chi connectivity index (χ4v) is 3.02. The minimum absolute atomic E-state index is 0.155. The van der Waals surface area contributed by atoms with Crippen LogP contribution in [0.15, 0.2) is 28.8 Å². The van der Waals surface area contributed by atoms with E-state index in [0.717, 1.165) is 36.9 Å². The Kier molecular flexibility index (Phi) is 4.25. The maximum Gasteiger partial charge on any atom is 0.139 e. The van der Waals surface area contributed by atoms with Crippen LogP contribution in [-0.2, 0) is 6.54 Å². The first-order valence-corrected chi connectivity index (χ1v) is 7.68. The highest BCUT2D eigenvalue weighted by Crippen LogP contribution is 2.33. The molecule has 1 saturated heterocycles. The van der Waals surface area contributed by atoms with Gasteiger partial charge in [-0.25, -0.2) is 8.78 Å². The van der Waals surface area contributed by atoms with E-state index in [1.807, 2.05) is 6.07 Å². The second kappa shape index (κ2) is 6.16. The van der Waals surface area contributed by atoms with E-state index in [4.69, 9.17) is 4.52 Å². The zero-order valence-corrected chi connectivity index (χ0v) is 12.9. The van der Waals surface area contributed by atoms with Crippen LogP contribution >= 0.6 is 0 Å². The number of likely N-dealkylation sites (tertiary alicyclic amines) is 1. The summed E-state index contributed by atoms with van der Waals surface area (Å²) < 4.78 is 32.0. The van der Waals surface area contributed by atoms with Crippen molar-refractivity contribution in [2.45, 2.75) is 45.2 Å². The van der Waals surface area contributed by atoms with Crippen LogP contribution in [0.2, 0.25) is 0 Å². The molecule has 0 aliphatic carbocycles. The number of rotatable bonds is 4. The molecule has 1 aliphatic rings. The average Bonchev–Trinajstić information content (AvgIpc) is 3.05. The lowest BCUT2D eigenvalue weighted by Crippen LogP contribution is -2.23. The van der Waals surface area contributed by atoms with E-state index in [0.29, 0.717) is 18.0 Å². The lowest BCUT2D eigenvalue weighted by Gasteiger charge is -2.22. The smallest absolute Gasteiger partial charge is 0.139 e. The molecule has 1 aromatic carbocycles. The lowest BCUT2D eigenvalue weighted by atomic mass is 10.1. The summed E-state index contributed by atoms with van der Waals surface area (Å²) in [6, 6.07) is 5.83. The molecule has 22 heavy (non-hydrogen) atoms. The van der Waals surface area contributed by atoms with Crippen molar-refractivity contribution in [1.29, 1.82) is 0 Å². The standard InChI is InChI=1S/C17H20F2N2O/c1-11(2)17-9-15(20-22-17)16-4-3-5-21(16)10-12-6-13(18)8-14(19)7-12/h6-9,11,16H,3-5,10H2,1-2H3. The van der Waals surface area contributed by atoms with Crippen molar-refractivity contribution < 1.29 is 13.3 Å². The van der Waals surface area contributed by atoms with E-state index < -0.39 is 11.6 Å². The monoisotopic (exact) mass is 306 g/mol. The fourth-order valence-electron chi connectivity index (χ4n) is 3.02. The van der Waals surface area contributed by atoms with Gasteiger partial charge in [-0.05, 0) is 37.1 Å². The number of aromatic nitrogens is 1. The highest BCUT2D eigenvalue weighted by atomic mass is 19.1. The van der Waals surface area contributed by atoms with Crippen LogP contribution in [0, 0.1) is 11.6 Å². The third kappa shape index (κ3) is 3.19. The Balaban J connectivity index is 1.77. The molecule has 118 valence electrons. The van der Waals surface area contributed by atoms with Crippen molar-refractivity contribution in [3.8, 4) is 0 Å². The Hall–Kier alpha value is -1.75. The Labute approximate surface area is 128 Å². The molecule has 0 saturated carbocycles. The maximum atomic E-state index is 13.3. The predicted octanol–water partition coefficient (Wildman–Crippen LogP) is 4.41. The SMILES string of the molecule is CC(C)c1cc(C2CCCN2Cc2cc(F)cc(F)c2)no1. The molecule has 1 aliphatic heterocycles. The minimum atomic E-state index is -0.533. The van der Waals surface area contributed by atoms with Gasteiger partial charge < -0.3 is 4.52 Å². The Morgan fingerprint density at radius 1 is 1.23 bits per heavy atom. The molecule has 1 aromatic heterocycles. The summed E-state index contributed by atoms with van der Waals surface area (Å²) in [6.07, 6.45) is 2.04. The molecule has 2 aromatic rings. The first-order valence-electron chi connectivity index (χ1n) is 7.68. The number of nitrogens with zero attached hydrogens (tertiary/aromatic N) is 2. The number of benzene rings is 1. The molecule has 1 atom stereocenters. The molecule has 0 amide bonds. The van der Waals surface area contributed by atoms with E-state index in [1.54, 1.807) is 0 Å². The molecule has 3 nitrogen and oxygen atoms in total. The Morgan fingerprint density at radius 3 is 2.59 bits per heavy atom. The van der Waals surface area contributed by atoms with Crippen LogP contribution in [0.4, 0.5) is 8.78 Å². The molecule has 1 fully saturated rings. The van der Waals surface area contributed by atoms with Crippen LogP contribution in [0.25, 0.3) is 0 Å². The normalized spacial score (nSPS) is 19.2. The van der Waals surface area contributed by atoms with Crippen molar-refractivity contribution in [2.75, 3.05) is 6.54 Å². The molecule has 0 spiro atoms. The van der Waals surface area contributed by atoms with Gasteiger partial charge >= 0.3 is 0 Å². The number of hydrogen-bond donors (Lipinski definition) is 0. The quantitative estimate of drug-likeness (QED) is 0.837. The van der Waals surface area contributed by atoms with Gasteiger partial charge in [0.05, 0.1) is 6.04 Å². The summed E-state index contributed by atoms with van der Waals surface area (Å²) in [5.41, 5.74) is 1.56. The first-order chi connectivity index (χ1) is 10.5. The van der Waals surface area contributed by atoms with E-state index >= 15 is 0 Å². The molecule has 0 radical (unpaired) electrons.